The Bertz CT molecular complexity index is 1580. The molecular formula is C27H19N3O7S. The van der Waals surface area contributed by atoms with Crippen molar-refractivity contribution in [1.29, 1.82) is 0 Å². The molecule has 3 aromatic rings. The van der Waals surface area contributed by atoms with Gasteiger partial charge < -0.3 is 19.7 Å². The summed E-state index contributed by atoms with van der Waals surface area (Å²) in [5, 5.41) is 14.7. The van der Waals surface area contributed by atoms with E-state index in [0.29, 0.717) is 11.3 Å². The summed E-state index contributed by atoms with van der Waals surface area (Å²) in [6.07, 6.45) is 0. The predicted octanol–water partition coefficient (Wildman–Crippen LogP) is 3.13. The monoisotopic (exact) mass is 529 g/mol. The molecule has 11 heteroatoms. The van der Waals surface area contributed by atoms with Crippen molar-refractivity contribution in [2.45, 2.75) is 18.0 Å². The van der Waals surface area contributed by atoms with Gasteiger partial charge in [-0.1, -0.05) is 60.7 Å². The van der Waals surface area contributed by atoms with E-state index in [1.54, 1.807) is 29.2 Å². The summed E-state index contributed by atoms with van der Waals surface area (Å²) in [6, 6.07) is 20.0. The van der Waals surface area contributed by atoms with E-state index in [4.69, 9.17) is 21.7 Å². The highest BCUT2D eigenvalue weighted by Crippen LogP contribution is 2.63. The minimum atomic E-state index is -2.24. The lowest BCUT2D eigenvalue weighted by atomic mass is 9.63. The number of benzene rings is 3. The standard InChI is InChI=1S/C27H19N3O7S/c1-36-24(32)26-21(17-13-16(30(34)35)11-12-20(17)37-25(26)33)27(28-22(26)38)18-9-5-6-10-19(18)29(23(27)31)14-15-7-3-2-4-8-15/h2-13,21H,14H2,1H3,(H,28,38)/t21-,26+,27+/m1/s1. The largest absolute Gasteiger partial charge is 0.468 e. The van der Waals surface area contributed by atoms with Crippen molar-refractivity contribution < 1.29 is 28.8 Å². The number of hydrogen-bond donors (Lipinski definition) is 1. The number of amides is 1. The maximum Gasteiger partial charge on any atom is 0.336 e. The van der Waals surface area contributed by atoms with Gasteiger partial charge >= 0.3 is 11.9 Å². The molecule has 10 nitrogen and oxygen atoms in total. The number of ether oxygens (including phenoxy) is 2. The molecule has 190 valence electrons. The van der Waals surface area contributed by atoms with Crippen LogP contribution in [0.3, 0.4) is 0 Å². The van der Waals surface area contributed by atoms with E-state index in [9.17, 15) is 24.5 Å². The summed E-state index contributed by atoms with van der Waals surface area (Å²) >= 11 is 5.60. The zero-order valence-electron chi connectivity index (χ0n) is 19.9. The number of nitrogens with one attached hydrogen (secondary N) is 1. The van der Waals surface area contributed by atoms with Gasteiger partial charge in [-0.25, -0.2) is 4.79 Å². The SMILES string of the molecule is COC(=O)[C@]12C(=O)Oc3ccc([N+](=O)[O-])cc3[C@H]1[C@]1(NC2=S)C(=O)N(Cc2ccccc2)c2ccccc21. The molecule has 3 aliphatic heterocycles. The maximum absolute atomic E-state index is 14.5. The van der Waals surface area contributed by atoms with E-state index in [-0.39, 0.29) is 28.5 Å². The minimum Gasteiger partial charge on any atom is -0.468 e. The average Bonchev–Trinajstić information content (AvgIpc) is 3.34. The number of carbonyl (C=O) groups excluding carboxylic acids is 3. The molecule has 3 aliphatic rings. The third-order valence-corrected chi connectivity index (χ3v) is 7.89. The molecule has 1 N–H and O–H groups in total. The summed E-state index contributed by atoms with van der Waals surface area (Å²) < 4.78 is 10.6. The smallest absolute Gasteiger partial charge is 0.336 e. The Hall–Kier alpha value is -4.64. The lowest BCUT2D eigenvalue weighted by molar-refractivity contribution is -0.385. The van der Waals surface area contributed by atoms with Gasteiger partial charge in [0.15, 0.2) is 5.54 Å². The number of methoxy groups -OCH3 is 1. The fraction of sp³-hybridized carbons (Fsp3) is 0.185. The van der Waals surface area contributed by atoms with Gasteiger partial charge in [-0.05, 0) is 17.7 Å². The van der Waals surface area contributed by atoms with Gasteiger partial charge in [-0.2, -0.15) is 0 Å². The number of thiocarbonyl (C=S) groups is 1. The lowest BCUT2D eigenvalue weighted by Crippen LogP contribution is -2.55. The van der Waals surface area contributed by atoms with E-state index < -0.39 is 39.6 Å². The zero-order chi connectivity index (χ0) is 26.8. The number of nitro groups is 1. The van der Waals surface area contributed by atoms with Crippen molar-refractivity contribution in [3.8, 4) is 5.75 Å². The van der Waals surface area contributed by atoms with E-state index >= 15 is 0 Å². The molecule has 3 aromatic carbocycles. The summed E-state index contributed by atoms with van der Waals surface area (Å²) in [6.45, 7) is 0.205. The van der Waals surface area contributed by atoms with Gasteiger partial charge in [0.05, 0.1) is 30.2 Å². The molecule has 1 saturated heterocycles. The highest BCUT2D eigenvalue weighted by molar-refractivity contribution is 7.80. The summed E-state index contributed by atoms with van der Waals surface area (Å²) in [4.78, 5) is 54.0. The molecule has 0 unspecified atom stereocenters. The van der Waals surface area contributed by atoms with Crippen molar-refractivity contribution in [1.82, 2.24) is 5.32 Å². The van der Waals surface area contributed by atoms with Crippen LogP contribution >= 0.6 is 12.2 Å². The number of nitro benzene ring substituents is 1. The molecule has 3 atom stereocenters. The molecule has 6 rings (SSSR count). The first-order chi connectivity index (χ1) is 18.3. The number of nitrogens with zero attached hydrogens (tertiary/aromatic N) is 2. The normalized spacial score (nSPS) is 24.8. The van der Waals surface area contributed by atoms with Crippen molar-refractivity contribution in [2.75, 3.05) is 12.0 Å². The third kappa shape index (κ3) is 2.87. The van der Waals surface area contributed by atoms with Crippen LogP contribution in [0.4, 0.5) is 11.4 Å². The molecule has 1 amide bonds. The second-order valence-corrected chi connectivity index (χ2v) is 9.67. The molecular weight excluding hydrogens is 510 g/mol. The van der Waals surface area contributed by atoms with Gasteiger partial charge in [0.1, 0.15) is 10.7 Å². The maximum atomic E-state index is 14.5. The Morgan fingerprint density at radius 2 is 1.84 bits per heavy atom. The number of rotatable bonds is 4. The molecule has 1 spiro atoms. The Balaban J connectivity index is 1.65. The van der Waals surface area contributed by atoms with Gasteiger partial charge in [0, 0.05) is 23.3 Å². The van der Waals surface area contributed by atoms with Crippen LogP contribution in [-0.2, 0) is 31.2 Å². The first-order valence-electron chi connectivity index (χ1n) is 11.6. The number of hydrogen-bond acceptors (Lipinski definition) is 8. The molecule has 0 radical (unpaired) electrons. The summed E-state index contributed by atoms with van der Waals surface area (Å²) in [5.41, 5.74) is -2.26. The third-order valence-electron chi connectivity index (χ3n) is 7.47. The topological polar surface area (TPSA) is 128 Å². The number of anilines is 1. The van der Waals surface area contributed by atoms with Crippen molar-refractivity contribution >= 4 is 46.4 Å². The van der Waals surface area contributed by atoms with Crippen LogP contribution in [0, 0.1) is 15.5 Å². The highest BCUT2D eigenvalue weighted by atomic mass is 32.1. The van der Waals surface area contributed by atoms with Gasteiger partial charge in [-0.15, -0.1) is 0 Å². The molecule has 0 bridgehead atoms. The van der Waals surface area contributed by atoms with Crippen LogP contribution in [0.1, 0.15) is 22.6 Å². The Kier molecular flexibility index (Phi) is 5.11. The van der Waals surface area contributed by atoms with Crippen molar-refractivity contribution in [3.63, 3.8) is 0 Å². The van der Waals surface area contributed by atoms with Crippen molar-refractivity contribution in [2.24, 2.45) is 5.41 Å². The number of para-hydroxylation sites is 1. The second kappa shape index (κ2) is 8.18. The van der Waals surface area contributed by atoms with Crippen LogP contribution in [0.5, 0.6) is 5.75 Å². The van der Waals surface area contributed by atoms with Crippen LogP contribution in [0.15, 0.2) is 72.8 Å². The molecule has 1 fully saturated rings. The van der Waals surface area contributed by atoms with Crippen molar-refractivity contribution in [3.05, 3.63) is 99.6 Å². The van der Waals surface area contributed by atoms with Gasteiger partial charge in [-0.3, -0.25) is 19.7 Å². The Morgan fingerprint density at radius 3 is 2.55 bits per heavy atom. The highest BCUT2D eigenvalue weighted by Gasteiger charge is 2.77. The molecule has 0 aromatic heterocycles. The van der Waals surface area contributed by atoms with Crippen LogP contribution < -0.4 is 15.0 Å². The number of carbonyl (C=O) groups is 3. The van der Waals surface area contributed by atoms with Crippen LogP contribution in [0.2, 0.25) is 0 Å². The number of non-ortho nitro benzene ring substituents is 1. The lowest BCUT2D eigenvalue weighted by Gasteiger charge is -2.39. The van der Waals surface area contributed by atoms with Gasteiger partial charge in [0.2, 0.25) is 5.41 Å². The quantitative estimate of drug-likeness (QED) is 0.135. The number of esters is 2. The van der Waals surface area contributed by atoms with Crippen LogP contribution in [0.25, 0.3) is 0 Å². The summed E-state index contributed by atoms with van der Waals surface area (Å²) in [7, 11) is 1.10. The average molecular weight is 530 g/mol. The van der Waals surface area contributed by atoms with Crippen LogP contribution in [-0.4, -0.2) is 34.9 Å². The molecule has 0 aliphatic carbocycles. The predicted molar refractivity (Wildman–Crippen MR) is 137 cm³/mol. The molecule has 0 saturated carbocycles. The molecule has 3 heterocycles. The van der Waals surface area contributed by atoms with E-state index in [2.05, 4.69) is 5.32 Å². The first-order valence-corrected chi connectivity index (χ1v) is 12.0. The number of fused-ring (bicyclic) bond motifs is 6. The van der Waals surface area contributed by atoms with E-state index in [1.165, 1.54) is 18.2 Å². The van der Waals surface area contributed by atoms with E-state index in [1.807, 2.05) is 30.3 Å². The fourth-order valence-electron chi connectivity index (χ4n) is 5.89. The zero-order valence-corrected chi connectivity index (χ0v) is 20.7. The summed E-state index contributed by atoms with van der Waals surface area (Å²) in [5.74, 6) is -3.82. The van der Waals surface area contributed by atoms with E-state index in [0.717, 1.165) is 12.7 Å². The fourth-order valence-corrected chi connectivity index (χ4v) is 6.33. The van der Waals surface area contributed by atoms with Gasteiger partial charge in [0.25, 0.3) is 11.6 Å². The second-order valence-electron chi connectivity index (χ2n) is 9.26. The minimum absolute atomic E-state index is 0.00259. The Morgan fingerprint density at radius 1 is 1.13 bits per heavy atom. The first kappa shape index (κ1) is 23.7. The molecule has 38 heavy (non-hydrogen) atoms. The Labute approximate surface area is 221 Å².